The van der Waals surface area contributed by atoms with E-state index in [9.17, 15) is 35.4 Å². The number of carbonyl (C=O) groups excluding carboxylic acids is 1. The van der Waals surface area contributed by atoms with Crippen molar-refractivity contribution in [3.63, 3.8) is 0 Å². The number of benzene rings is 2. The van der Waals surface area contributed by atoms with Crippen molar-refractivity contribution in [1.29, 1.82) is 0 Å². The van der Waals surface area contributed by atoms with Crippen LogP contribution in [0.5, 0.6) is 23.0 Å². The second-order valence-corrected chi connectivity index (χ2v) is 7.16. The molecule has 0 radical (unpaired) electrons. The fourth-order valence-electron chi connectivity index (χ4n) is 3.34. The Morgan fingerprint density at radius 3 is 2.48 bits per heavy atom. The Morgan fingerprint density at radius 2 is 1.77 bits per heavy atom. The largest absolute Gasteiger partial charge is 0.508 e. The summed E-state index contributed by atoms with van der Waals surface area (Å²) in [5.41, 5.74) is 0.704. The van der Waals surface area contributed by atoms with Gasteiger partial charge in [0.15, 0.2) is 17.3 Å². The van der Waals surface area contributed by atoms with Crippen molar-refractivity contribution in [1.82, 2.24) is 0 Å². The highest BCUT2D eigenvalue weighted by molar-refractivity contribution is 6.14. The quantitative estimate of drug-likeness (QED) is 0.359. The molecule has 6 N–H and O–H groups in total. The third-order valence-corrected chi connectivity index (χ3v) is 5.03. The summed E-state index contributed by atoms with van der Waals surface area (Å²) in [7, 11) is 0. The fourth-order valence-corrected chi connectivity index (χ4v) is 3.34. The minimum atomic E-state index is -1.63. The molecule has 2 heterocycles. The van der Waals surface area contributed by atoms with Crippen molar-refractivity contribution in [3.8, 4) is 23.0 Å². The molecule has 2 aromatic rings. The van der Waals surface area contributed by atoms with E-state index in [1.54, 1.807) is 0 Å². The molecule has 0 aromatic heterocycles. The van der Waals surface area contributed by atoms with Crippen LogP contribution in [0.25, 0.3) is 6.08 Å². The van der Waals surface area contributed by atoms with Crippen molar-refractivity contribution in [3.05, 3.63) is 53.3 Å². The molecule has 1 saturated heterocycles. The van der Waals surface area contributed by atoms with Crippen LogP contribution in [-0.2, 0) is 4.74 Å². The molecule has 0 unspecified atom stereocenters. The first-order valence-corrected chi connectivity index (χ1v) is 9.36. The van der Waals surface area contributed by atoms with Crippen LogP contribution in [0.2, 0.25) is 0 Å². The van der Waals surface area contributed by atoms with Crippen LogP contribution in [-0.4, -0.2) is 73.7 Å². The zero-order valence-electron chi connectivity index (χ0n) is 16.0. The zero-order valence-corrected chi connectivity index (χ0v) is 16.0. The van der Waals surface area contributed by atoms with Gasteiger partial charge in [0, 0.05) is 6.07 Å². The number of fused-ring (bicyclic) bond motifs is 1. The highest BCUT2D eigenvalue weighted by Gasteiger charge is 2.44. The van der Waals surface area contributed by atoms with Crippen molar-refractivity contribution in [2.45, 2.75) is 30.7 Å². The maximum atomic E-state index is 12.4. The van der Waals surface area contributed by atoms with Gasteiger partial charge in [-0.25, -0.2) is 0 Å². The lowest BCUT2D eigenvalue weighted by Crippen LogP contribution is -2.60. The van der Waals surface area contributed by atoms with Crippen LogP contribution < -0.4 is 9.47 Å². The fraction of sp³-hybridized carbons (Fsp3) is 0.286. The Bertz CT molecular complexity index is 1030. The molecule has 10 nitrogen and oxygen atoms in total. The zero-order chi connectivity index (χ0) is 22.3. The Morgan fingerprint density at radius 1 is 1.00 bits per heavy atom. The maximum Gasteiger partial charge on any atom is 0.231 e. The third-order valence-electron chi connectivity index (χ3n) is 5.03. The minimum absolute atomic E-state index is 0.00241. The van der Waals surface area contributed by atoms with E-state index in [0.717, 1.165) is 0 Å². The normalized spacial score (nSPS) is 29.0. The minimum Gasteiger partial charge on any atom is -0.508 e. The summed E-state index contributed by atoms with van der Waals surface area (Å²) in [5, 5.41) is 58.7. The van der Waals surface area contributed by atoms with Crippen molar-refractivity contribution >= 4 is 11.9 Å². The van der Waals surface area contributed by atoms with E-state index in [4.69, 9.17) is 14.2 Å². The van der Waals surface area contributed by atoms with Crippen LogP contribution in [0, 0.1) is 0 Å². The monoisotopic (exact) mass is 432 g/mol. The average molecular weight is 432 g/mol. The number of phenolic OH excluding ortho intramolecular Hbond substituents is 2. The van der Waals surface area contributed by atoms with Gasteiger partial charge in [0.2, 0.25) is 12.1 Å². The van der Waals surface area contributed by atoms with E-state index < -0.39 is 37.3 Å². The lowest BCUT2D eigenvalue weighted by molar-refractivity contribution is -0.277. The number of hydrogen-bond acceptors (Lipinski definition) is 10. The van der Waals surface area contributed by atoms with E-state index in [2.05, 4.69) is 0 Å². The third kappa shape index (κ3) is 3.94. The molecule has 164 valence electrons. The second kappa shape index (κ2) is 8.17. The molecule has 2 aromatic carbocycles. The SMILES string of the molecule is O=C1/C(=C/c2ccc(O[C@@H]3O[C@H](CO)[C@@H](O)[C@H](O)[C@H]3O)c(O)c2)Oc2cc(O)ccc21. The van der Waals surface area contributed by atoms with Crippen LogP contribution in [0.1, 0.15) is 15.9 Å². The summed E-state index contributed by atoms with van der Waals surface area (Å²) in [6.07, 6.45) is -5.98. The highest BCUT2D eigenvalue weighted by Crippen LogP contribution is 2.36. The first kappa shape index (κ1) is 21.1. The number of carbonyl (C=O) groups is 1. The maximum absolute atomic E-state index is 12.4. The van der Waals surface area contributed by atoms with E-state index in [1.165, 1.54) is 42.5 Å². The van der Waals surface area contributed by atoms with E-state index in [-0.39, 0.29) is 34.5 Å². The van der Waals surface area contributed by atoms with Crippen LogP contribution >= 0.6 is 0 Å². The lowest BCUT2D eigenvalue weighted by atomic mass is 9.99. The number of ether oxygens (including phenoxy) is 3. The molecule has 0 amide bonds. The molecule has 1 fully saturated rings. The number of Topliss-reactive ketones (excluding diaryl/α,β-unsaturated/α-hetero) is 1. The predicted molar refractivity (Wildman–Crippen MR) is 104 cm³/mol. The van der Waals surface area contributed by atoms with Gasteiger partial charge in [-0.3, -0.25) is 4.79 Å². The van der Waals surface area contributed by atoms with Gasteiger partial charge in [0.1, 0.15) is 35.9 Å². The van der Waals surface area contributed by atoms with Gasteiger partial charge < -0.3 is 44.8 Å². The number of hydrogen-bond donors (Lipinski definition) is 6. The Balaban J connectivity index is 1.51. The molecular formula is C21H20O10. The van der Waals surface area contributed by atoms with Gasteiger partial charge in [-0.15, -0.1) is 0 Å². The summed E-state index contributed by atoms with van der Waals surface area (Å²) in [6, 6.07) is 8.28. The molecular weight excluding hydrogens is 412 g/mol. The van der Waals surface area contributed by atoms with Gasteiger partial charge in [-0.1, -0.05) is 6.07 Å². The summed E-state index contributed by atoms with van der Waals surface area (Å²) < 4.78 is 16.1. The molecule has 2 aliphatic rings. The number of aliphatic hydroxyl groups is 4. The molecule has 0 saturated carbocycles. The first-order valence-electron chi connectivity index (χ1n) is 9.36. The van der Waals surface area contributed by atoms with Crippen molar-refractivity contribution in [2.75, 3.05) is 6.61 Å². The van der Waals surface area contributed by atoms with E-state index in [0.29, 0.717) is 11.1 Å². The summed E-state index contributed by atoms with van der Waals surface area (Å²) >= 11 is 0. The predicted octanol–water partition coefficient (Wildman–Crippen LogP) is -0.107. The number of aromatic hydroxyl groups is 2. The van der Waals surface area contributed by atoms with Crippen molar-refractivity contribution in [2.24, 2.45) is 0 Å². The van der Waals surface area contributed by atoms with Crippen LogP contribution in [0.15, 0.2) is 42.2 Å². The number of ketones is 1. The summed E-state index contributed by atoms with van der Waals surface area (Å²) in [6.45, 7) is -0.614. The van der Waals surface area contributed by atoms with Crippen LogP contribution in [0.3, 0.4) is 0 Å². The standard InChI is InChI=1S/C21H20O10/c22-8-16-18(26)19(27)20(28)21(31-16)30-13-4-1-9(5-12(13)24)6-15-17(25)11-3-2-10(23)7-14(11)29-15/h1-7,16,18-24,26-28H,8H2/b15-6-/t16-,18-,19+,20-,21-/m1/s1. The molecule has 5 atom stereocenters. The molecule has 31 heavy (non-hydrogen) atoms. The number of phenols is 2. The number of allylic oxidation sites excluding steroid dienone is 1. The highest BCUT2D eigenvalue weighted by atomic mass is 16.7. The molecule has 2 aliphatic heterocycles. The Hall–Kier alpha value is -3.15. The molecule has 4 rings (SSSR count). The second-order valence-electron chi connectivity index (χ2n) is 7.16. The Labute approximate surface area is 175 Å². The lowest BCUT2D eigenvalue weighted by Gasteiger charge is -2.39. The van der Waals surface area contributed by atoms with Crippen molar-refractivity contribution < 1.29 is 49.6 Å². The molecule has 0 spiro atoms. The Kier molecular flexibility index (Phi) is 5.56. The van der Waals surface area contributed by atoms with Gasteiger partial charge in [-0.05, 0) is 35.9 Å². The van der Waals surface area contributed by atoms with Gasteiger partial charge in [0.25, 0.3) is 0 Å². The van der Waals surface area contributed by atoms with Gasteiger partial charge in [0.05, 0.1) is 12.2 Å². The molecule has 10 heteroatoms. The topological polar surface area (TPSA) is 166 Å². The van der Waals surface area contributed by atoms with Gasteiger partial charge in [-0.2, -0.15) is 0 Å². The summed E-state index contributed by atoms with van der Waals surface area (Å²) in [5.74, 6) is -0.646. The molecule has 0 bridgehead atoms. The number of aliphatic hydroxyl groups excluding tert-OH is 4. The smallest absolute Gasteiger partial charge is 0.231 e. The number of rotatable bonds is 4. The van der Waals surface area contributed by atoms with E-state index in [1.807, 2.05) is 0 Å². The van der Waals surface area contributed by atoms with E-state index >= 15 is 0 Å². The average Bonchev–Trinajstić information content (AvgIpc) is 3.04. The first-order chi connectivity index (χ1) is 14.8. The molecule has 0 aliphatic carbocycles. The summed E-state index contributed by atoms with van der Waals surface area (Å²) in [4.78, 5) is 12.4. The van der Waals surface area contributed by atoms with Crippen LogP contribution in [0.4, 0.5) is 0 Å². The van der Waals surface area contributed by atoms with Gasteiger partial charge >= 0.3 is 0 Å².